The van der Waals surface area contributed by atoms with Gasteiger partial charge in [0.2, 0.25) is 0 Å². The molecule has 0 saturated carbocycles. The van der Waals surface area contributed by atoms with E-state index >= 15 is 0 Å². The molecule has 0 aromatic heterocycles. The monoisotopic (exact) mass is 214 g/mol. The van der Waals surface area contributed by atoms with Gasteiger partial charge >= 0.3 is 12.1 Å². The van der Waals surface area contributed by atoms with E-state index in [1.807, 2.05) is 6.07 Å². The van der Waals surface area contributed by atoms with Crippen LogP contribution in [0.15, 0.2) is 0 Å². The van der Waals surface area contributed by atoms with Crippen LogP contribution in [0.4, 0.5) is 4.79 Å². The third-order valence-electron chi connectivity index (χ3n) is 2.04. The smallest absolute Gasteiger partial charge is 0.410 e. The third kappa shape index (κ3) is 3.13. The fourth-order valence-electron chi connectivity index (χ4n) is 0.986. The highest BCUT2D eigenvalue weighted by atomic mass is 16.5. The lowest BCUT2D eigenvalue weighted by Crippen LogP contribution is -2.53. The molecular weight excluding hydrogens is 200 g/mol. The van der Waals surface area contributed by atoms with E-state index in [4.69, 9.17) is 10.4 Å². The van der Waals surface area contributed by atoms with E-state index in [0.29, 0.717) is 0 Å². The summed E-state index contributed by atoms with van der Waals surface area (Å²) in [5, 5.41) is 17.3. The van der Waals surface area contributed by atoms with E-state index in [2.05, 4.69) is 4.74 Å². The fourth-order valence-corrected chi connectivity index (χ4v) is 0.986. The molecule has 0 rings (SSSR count). The molecule has 6 heteroatoms. The number of nitriles is 1. The number of carboxylic acids is 1. The van der Waals surface area contributed by atoms with Crippen molar-refractivity contribution < 1.29 is 19.4 Å². The molecule has 6 nitrogen and oxygen atoms in total. The Morgan fingerprint density at radius 1 is 1.53 bits per heavy atom. The zero-order valence-corrected chi connectivity index (χ0v) is 8.98. The minimum atomic E-state index is -1.38. The summed E-state index contributed by atoms with van der Waals surface area (Å²) in [6.45, 7) is 2.79. The van der Waals surface area contributed by atoms with Crippen LogP contribution in [0, 0.1) is 11.3 Å². The second-order valence-electron chi connectivity index (χ2n) is 3.39. The maximum absolute atomic E-state index is 11.3. The largest absolute Gasteiger partial charge is 0.480 e. The van der Waals surface area contributed by atoms with Gasteiger partial charge in [-0.15, -0.1) is 0 Å². The first-order valence-corrected chi connectivity index (χ1v) is 4.33. The van der Waals surface area contributed by atoms with Crippen molar-refractivity contribution in [1.82, 2.24) is 4.90 Å². The molecule has 0 fully saturated rings. The number of carbonyl (C=O) groups excluding carboxylic acids is 1. The van der Waals surface area contributed by atoms with Crippen molar-refractivity contribution in [2.24, 2.45) is 0 Å². The van der Waals surface area contributed by atoms with Crippen LogP contribution in [0.2, 0.25) is 0 Å². The average molecular weight is 214 g/mol. The molecule has 84 valence electrons. The molecule has 0 unspecified atom stereocenters. The lowest BCUT2D eigenvalue weighted by molar-refractivity contribution is -0.148. The molecule has 0 aliphatic carbocycles. The summed E-state index contributed by atoms with van der Waals surface area (Å²) >= 11 is 0. The van der Waals surface area contributed by atoms with Crippen molar-refractivity contribution in [2.75, 3.05) is 13.7 Å². The van der Waals surface area contributed by atoms with E-state index in [9.17, 15) is 9.59 Å². The van der Waals surface area contributed by atoms with E-state index < -0.39 is 17.6 Å². The molecule has 0 heterocycles. The molecule has 0 bridgehead atoms. The van der Waals surface area contributed by atoms with Gasteiger partial charge in [0.1, 0.15) is 5.54 Å². The highest BCUT2D eigenvalue weighted by molar-refractivity contribution is 5.83. The Morgan fingerprint density at radius 2 is 2.07 bits per heavy atom. The lowest BCUT2D eigenvalue weighted by atomic mass is 10.0. The fraction of sp³-hybridized carbons (Fsp3) is 0.667. The summed E-state index contributed by atoms with van der Waals surface area (Å²) < 4.78 is 4.46. The Labute approximate surface area is 88.0 Å². The van der Waals surface area contributed by atoms with Gasteiger partial charge in [-0.1, -0.05) is 0 Å². The van der Waals surface area contributed by atoms with Gasteiger partial charge in [0, 0.05) is 6.54 Å². The van der Waals surface area contributed by atoms with Gasteiger partial charge in [0.05, 0.1) is 19.6 Å². The highest BCUT2D eigenvalue weighted by Crippen LogP contribution is 2.16. The number of amides is 1. The minimum Gasteiger partial charge on any atom is -0.480 e. The van der Waals surface area contributed by atoms with Gasteiger partial charge in [-0.05, 0) is 13.8 Å². The number of hydrogen-bond donors (Lipinski definition) is 1. The van der Waals surface area contributed by atoms with Gasteiger partial charge in [0.25, 0.3) is 0 Å². The van der Waals surface area contributed by atoms with Crippen LogP contribution in [0.25, 0.3) is 0 Å². The van der Waals surface area contributed by atoms with Gasteiger partial charge in [-0.25, -0.2) is 9.59 Å². The van der Waals surface area contributed by atoms with Crippen molar-refractivity contribution in [2.45, 2.75) is 25.8 Å². The van der Waals surface area contributed by atoms with Gasteiger partial charge < -0.3 is 9.84 Å². The Hall–Kier alpha value is -1.77. The summed E-state index contributed by atoms with van der Waals surface area (Å²) in [7, 11) is 1.17. The lowest BCUT2D eigenvalue weighted by Gasteiger charge is -2.33. The maximum Gasteiger partial charge on any atom is 0.410 e. The van der Waals surface area contributed by atoms with Gasteiger partial charge in [-0.3, -0.25) is 4.90 Å². The molecule has 0 spiro atoms. The Bertz CT molecular complexity index is 293. The van der Waals surface area contributed by atoms with Crippen LogP contribution in [0.5, 0.6) is 0 Å². The minimum absolute atomic E-state index is 0.0302. The number of nitrogens with zero attached hydrogens (tertiary/aromatic N) is 2. The Morgan fingerprint density at radius 3 is 2.40 bits per heavy atom. The van der Waals surface area contributed by atoms with Gasteiger partial charge in [0.15, 0.2) is 0 Å². The standard InChI is InChI=1S/C9H14N2O4/c1-9(2,7(12)13)11(6-4-5-10)8(14)15-3/h4,6H2,1-3H3,(H,12,13). The summed E-state index contributed by atoms with van der Waals surface area (Å²) in [6.07, 6.45) is -0.691. The second kappa shape index (κ2) is 5.20. The van der Waals surface area contributed by atoms with Crippen LogP contribution in [-0.4, -0.2) is 41.3 Å². The van der Waals surface area contributed by atoms with Crippen LogP contribution in [0.1, 0.15) is 20.3 Å². The Balaban J connectivity index is 4.85. The molecule has 0 aliphatic heterocycles. The molecule has 0 radical (unpaired) electrons. The number of hydrogen-bond acceptors (Lipinski definition) is 4. The van der Waals surface area contributed by atoms with Gasteiger partial charge in [-0.2, -0.15) is 5.26 Å². The summed E-state index contributed by atoms with van der Waals surface area (Å²) in [6, 6.07) is 1.85. The van der Waals surface area contributed by atoms with E-state index in [-0.39, 0.29) is 13.0 Å². The molecule has 0 aliphatic rings. The second-order valence-corrected chi connectivity index (χ2v) is 3.39. The molecule has 1 amide bonds. The summed E-state index contributed by atoms with van der Waals surface area (Å²) in [4.78, 5) is 23.2. The predicted molar refractivity (Wildman–Crippen MR) is 51.1 cm³/mol. The maximum atomic E-state index is 11.3. The van der Waals surface area contributed by atoms with E-state index in [0.717, 1.165) is 4.90 Å². The van der Waals surface area contributed by atoms with E-state index in [1.54, 1.807) is 0 Å². The quantitative estimate of drug-likeness (QED) is 0.748. The summed E-state index contributed by atoms with van der Waals surface area (Å²) in [5.74, 6) is -1.15. The van der Waals surface area contributed by atoms with Crippen LogP contribution >= 0.6 is 0 Å². The number of ether oxygens (including phenoxy) is 1. The van der Waals surface area contributed by atoms with Crippen molar-refractivity contribution in [3.63, 3.8) is 0 Å². The summed E-state index contributed by atoms with van der Waals surface area (Å²) in [5.41, 5.74) is -1.38. The predicted octanol–water partition coefficient (Wildman–Crippen LogP) is 0.832. The topological polar surface area (TPSA) is 90.6 Å². The molecule has 0 saturated heterocycles. The molecule has 0 aromatic carbocycles. The van der Waals surface area contributed by atoms with Crippen LogP contribution in [-0.2, 0) is 9.53 Å². The number of carbonyl (C=O) groups is 2. The van der Waals surface area contributed by atoms with Crippen LogP contribution < -0.4 is 0 Å². The number of rotatable bonds is 4. The molecule has 15 heavy (non-hydrogen) atoms. The first-order valence-electron chi connectivity index (χ1n) is 4.33. The van der Waals surface area contributed by atoms with Crippen molar-refractivity contribution >= 4 is 12.1 Å². The van der Waals surface area contributed by atoms with E-state index in [1.165, 1.54) is 21.0 Å². The number of aliphatic carboxylic acids is 1. The normalized spacial score (nSPS) is 10.3. The number of carboxylic acid groups (broad SMARTS) is 1. The third-order valence-corrected chi connectivity index (χ3v) is 2.04. The van der Waals surface area contributed by atoms with Crippen molar-refractivity contribution in [3.8, 4) is 6.07 Å². The molecule has 0 aromatic rings. The molecule has 0 atom stereocenters. The zero-order chi connectivity index (χ0) is 12.1. The SMILES string of the molecule is COC(=O)N(CCC#N)C(C)(C)C(=O)O. The highest BCUT2D eigenvalue weighted by Gasteiger charge is 2.38. The first-order chi connectivity index (χ1) is 6.87. The average Bonchev–Trinajstić information content (AvgIpc) is 2.17. The number of methoxy groups -OCH3 is 1. The first kappa shape index (κ1) is 13.2. The van der Waals surface area contributed by atoms with Crippen LogP contribution in [0.3, 0.4) is 0 Å². The molecule has 1 N–H and O–H groups in total. The molecular formula is C9H14N2O4. The van der Waals surface area contributed by atoms with Crippen molar-refractivity contribution in [1.29, 1.82) is 5.26 Å². The van der Waals surface area contributed by atoms with Crippen molar-refractivity contribution in [3.05, 3.63) is 0 Å². The zero-order valence-electron chi connectivity index (χ0n) is 8.98. The Kier molecular flexibility index (Phi) is 4.58.